The molecule has 0 fully saturated rings. The molecule has 0 bridgehead atoms. The molecule has 2 aromatic carbocycles. The molecule has 0 saturated carbocycles. The predicted molar refractivity (Wildman–Crippen MR) is 91.7 cm³/mol. The van der Waals surface area contributed by atoms with Crippen LogP contribution in [-0.4, -0.2) is 5.78 Å². The van der Waals surface area contributed by atoms with Gasteiger partial charge in [-0.25, -0.2) is 0 Å². The van der Waals surface area contributed by atoms with Crippen molar-refractivity contribution >= 4 is 11.4 Å². The number of Topliss-reactive ketones (excluding diaryl/α,β-unsaturated/α-hetero) is 1. The molecule has 0 amide bonds. The first-order chi connectivity index (χ1) is 10.6. The fraction of sp³-hybridized carbons (Fsp3) is 0.286. The Morgan fingerprint density at radius 3 is 2.23 bits per heavy atom. The molecule has 1 heteroatoms. The van der Waals surface area contributed by atoms with Gasteiger partial charge < -0.3 is 0 Å². The summed E-state index contributed by atoms with van der Waals surface area (Å²) in [7, 11) is 0. The van der Waals surface area contributed by atoms with Gasteiger partial charge in [0.1, 0.15) is 0 Å². The van der Waals surface area contributed by atoms with E-state index < -0.39 is 0 Å². The fourth-order valence-corrected chi connectivity index (χ4v) is 3.34. The number of carbonyl (C=O) groups excluding carboxylic acids is 1. The highest BCUT2D eigenvalue weighted by molar-refractivity contribution is 5.97. The summed E-state index contributed by atoms with van der Waals surface area (Å²) in [6, 6.07) is 20.1. The molecule has 22 heavy (non-hydrogen) atoms. The molecule has 112 valence electrons. The largest absolute Gasteiger partial charge is 0.294 e. The maximum absolute atomic E-state index is 12.6. The van der Waals surface area contributed by atoms with Gasteiger partial charge in [-0.15, -0.1) is 0 Å². The number of rotatable bonds is 4. The number of ketones is 1. The van der Waals surface area contributed by atoms with Crippen molar-refractivity contribution in [3.8, 4) is 0 Å². The lowest BCUT2D eigenvalue weighted by atomic mass is 9.74. The smallest absolute Gasteiger partial charge is 0.163 e. The second-order valence-electron chi connectivity index (χ2n) is 6.76. The van der Waals surface area contributed by atoms with Gasteiger partial charge in [0.2, 0.25) is 0 Å². The van der Waals surface area contributed by atoms with Crippen LogP contribution in [-0.2, 0) is 0 Å². The van der Waals surface area contributed by atoms with E-state index in [0.717, 1.165) is 12.0 Å². The zero-order chi connectivity index (χ0) is 15.6. The first-order valence-corrected chi connectivity index (χ1v) is 7.92. The van der Waals surface area contributed by atoms with Crippen LogP contribution in [0.3, 0.4) is 0 Å². The number of benzene rings is 2. The molecule has 2 aromatic rings. The van der Waals surface area contributed by atoms with E-state index in [2.05, 4.69) is 44.2 Å². The summed E-state index contributed by atoms with van der Waals surface area (Å²) in [5.74, 6) is 0.519. The van der Waals surface area contributed by atoms with E-state index in [1.54, 1.807) is 0 Å². The van der Waals surface area contributed by atoms with E-state index in [4.69, 9.17) is 0 Å². The van der Waals surface area contributed by atoms with Crippen LogP contribution in [0.5, 0.6) is 0 Å². The average molecular weight is 290 g/mol. The molecule has 1 aliphatic carbocycles. The highest BCUT2D eigenvalue weighted by Crippen LogP contribution is 2.48. The summed E-state index contributed by atoms with van der Waals surface area (Å²) < 4.78 is 0. The summed E-state index contributed by atoms with van der Waals surface area (Å²) in [6.45, 7) is 4.53. The number of hydrogen-bond acceptors (Lipinski definition) is 1. The average Bonchev–Trinajstić information content (AvgIpc) is 2.84. The Hall–Kier alpha value is -2.15. The Morgan fingerprint density at radius 1 is 1.00 bits per heavy atom. The molecule has 1 atom stereocenters. The van der Waals surface area contributed by atoms with Crippen LogP contribution >= 0.6 is 0 Å². The molecule has 0 N–H and O–H groups in total. The minimum Gasteiger partial charge on any atom is -0.294 e. The zero-order valence-corrected chi connectivity index (χ0v) is 13.3. The summed E-state index contributed by atoms with van der Waals surface area (Å²) in [6.07, 6.45) is 3.93. The van der Waals surface area contributed by atoms with Gasteiger partial charge >= 0.3 is 0 Å². The molecule has 3 rings (SSSR count). The summed E-state index contributed by atoms with van der Waals surface area (Å²) in [4.78, 5) is 12.6. The van der Waals surface area contributed by atoms with Crippen LogP contribution in [0.4, 0.5) is 0 Å². The molecule has 1 aliphatic rings. The lowest BCUT2D eigenvalue weighted by Crippen LogP contribution is -2.23. The van der Waals surface area contributed by atoms with Crippen molar-refractivity contribution in [2.24, 2.45) is 11.3 Å². The molecule has 0 radical (unpaired) electrons. The van der Waals surface area contributed by atoms with Gasteiger partial charge in [0, 0.05) is 12.0 Å². The van der Waals surface area contributed by atoms with Gasteiger partial charge in [0.25, 0.3) is 0 Å². The molecule has 0 aliphatic heterocycles. The molecule has 1 unspecified atom stereocenters. The Balaban J connectivity index is 1.86. The lowest BCUT2D eigenvalue weighted by molar-refractivity contribution is 0.0944. The quantitative estimate of drug-likeness (QED) is 0.690. The van der Waals surface area contributed by atoms with E-state index in [9.17, 15) is 4.79 Å². The normalized spacial score (nSPS) is 19.7. The predicted octanol–water partition coefficient (Wildman–Crippen LogP) is 5.39. The first kappa shape index (κ1) is 14.8. The molecule has 0 spiro atoms. The van der Waals surface area contributed by atoms with Gasteiger partial charge in [-0.1, -0.05) is 80.6 Å². The second-order valence-corrected chi connectivity index (χ2v) is 6.76. The minimum absolute atomic E-state index is 0.135. The van der Waals surface area contributed by atoms with Gasteiger partial charge in [0.15, 0.2) is 5.78 Å². The van der Waals surface area contributed by atoms with Crippen molar-refractivity contribution in [1.82, 2.24) is 0 Å². The Bertz CT molecular complexity index is 680. The van der Waals surface area contributed by atoms with Crippen LogP contribution in [0, 0.1) is 11.3 Å². The van der Waals surface area contributed by atoms with E-state index in [-0.39, 0.29) is 17.1 Å². The molecule has 0 aromatic heterocycles. The van der Waals surface area contributed by atoms with E-state index in [1.807, 2.05) is 36.4 Å². The molecule has 0 saturated heterocycles. The van der Waals surface area contributed by atoms with Crippen molar-refractivity contribution in [1.29, 1.82) is 0 Å². The maximum atomic E-state index is 12.6. The number of allylic oxidation sites excluding steroid dienone is 2. The Kier molecular flexibility index (Phi) is 3.98. The van der Waals surface area contributed by atoms with E-state index in [1.165, 1.54) is 11.1 Å². The molecule has 0 heterocycles. The van der Waals surface area contributed by atoms with Crippen molar-refractivity contribution in [2.75, 3.05) is 0 Å². The third-order valence-electron chi connectivity index (χ3n) is 4.76. The highest BCUT2D eigenvalue weighted by atomic mass is 16.1. The third-order valence-corrected chi connectivity index (χ3v) is 4.76. The molecule has 1 nitrogen and oxygen atoms in total. The molecular weight excluding hydrogens is 268 g/mol. The first-order valence-electron chi connectivity index (χ1n) is 7.92. The second kappa shape index (κ2) is 5.92. The van der Waals surface area contributed by atoms with Crippen LogP contribution in [0.25, 0.3) is 5.57 Å². The molecular formula is C21H22O. The number of hydrogen-bond donors (Lipinski definition) is 0. The Morgan fingerprint density at radius 2 is 1.59 bits per heavy atom. The fourth-order valence-electron chi connectivity index (χ4n) is 3.34. The highest BCUT2D eigenvalue weighted by Gasteiger charge is 2.38. The van der Waals surface area contributed by atoms with Gasteiger partial charge in [0.05, 0.1) is 0 Å². The topological polar surface area (TPSA) is 17.1 Å². The van der Waals surface area contributed by atoms with Crippen LogP contribution in [0.15, 0.2) is 66.7 Å². The van der Waals surface area contributed by atoms with Gasteiger partial charge in [-0.05, 0) is 28.9 Å². The summed E-state index contributed by atoms with van der Waals surface area (Å²) in [5, 5.41) is 0. The van der Waals surface area contributed by atoms with Gasteiger partial charge in [-0.3, -0.25) is 4.79 Å². The minimum atomic E-state index is 0.135. The van der Waals surface area contributed by atoms with Crippen molar-refractivity contribution < 1.29 is 4.79 Å². The SMILES string of the molecule is CC1(C)CC=C(c2ccccc2)C1CC(=O)c1ccccc1. The van der Waals surface area contributed by atoms with Crippen LogP contribution in [0.2, 0.25) is 0 Å². The lowest BCUT2D eigenvalue weighted by Gasteiger charge is -2.29. The standard InChI is InChI=1S/C21H22O/c1-21(2)14-13-18(16-9-5-3-6-10-16)19(21)15-20(22)17-11-7-4-8-12-17/h3-13,19H,14-15H2,1-2H3. The monoisotopic (exact) mass is 290 g/mol. The van der Waals surface area contributed by atoms with Crippen LogP contribution < -0.4 is 0 Å². The van der Waals surface area contributed by atoms with E-state index >= 15 is 0 Å². The van der Waals surface area contributed by atoms with Crippen molar-refractivity contribution in [2.45, 2.75) is 26.7 Å². The van der Waals surface area contributed by atoms with Crippen LogP contribution in [0.1, 0.15) is 42.6 Å². The Labute approximate surface area is 132 Å². The van der Waals surface area contributed by atoms with Gasteiger partial charge in [-0.2, -0.15) is 0 Å². The van der Waals surface area contributed by atoms with Crippen molar-refractivity contribution in [3.63, 3.8) is 0 Å². The summed E-state index contributed by atoms with van der Waals surface area (Å²) >= 11 is 0. The zero-order valence-electron chi connectivity index (χ0n) is 13.3. The maximum Gasteiger partial charge on any atom is 0.163 e. The summed E-state index contributed by atoms with van der Waals surface area (Å²) in [5.41, 5.74) is 3.53. The van der Waals surface area contributed by atoms with E-state index in [0.29, 0.717) is 6.42 Å². The van der Waals surface area contributed by atoms with Crippen molar-refractivity contribution in [3.05, 3.63) is 77.9 Å². The number of carbonyl (C=O) groups is 1. The third kappa shape index (κ3) is 2.89.